The molecule has 0 atom stereocenters. The maximum atomic E-state index is 12.6. The van der Waals surface area contributed by atoms with Crippen molar-refractivity contribution >= 4 is 17.4 Å². The second kappa shape index (κ2) is 7.18. The number of anilines is 2. The van der Waals surface area contributed by atoms with Gasteiger partial charge < -0.3 is 15.1 Å². The van der Waals surface area contributed by atoms with Gasteiger partial charge in [0.25, 0.3) is 0 Å². The van der Waals surface area contributed by atoms with E-state index in [0.717, 1.165) is 37.4 Å². The fraction of sp³-hybridized carbons (Fsp3) is 0.381. The minimum Gasteiger partial charge on any atom is -0.368 e. The van der Waals surface area contributed by atoms with Gasteiger partial charge in [-0.3, -0.25) is 0 Å². The fourth-order valence-corrected chi connectivity index (χ4v) is 3.31. The predicted octanol–water partition coefficient (Wildman–Crippen LogP) is 4.27. The first kappa shape index (κ1) is 17.3. The Bertz CT molecular complexity index is 777. The van der Waals surface area contributed by atoms with Gasteiger partial charge in [-0.2, -0.15) is 0 Å². The minimum absolute atomic E-state index is 0.00526. The number of nitrogens with one attached hydrogen (secondary N) is 1. The summed E-state index contributed by atoms with van der Waals surface area (Å²) in [4.78, 5) is 16.9. The van der Waals surface area contributed by atoms with Crippen LogP contribution in [0.1, 0.15) is 22.3 Å². The number of hydrogen-bond acceptors (Lipinski definition) is 2. The molecular formula is C21H27N3O. The van der Waals surface area contributed by atoms with Gasteiger partial charge in [-0.25, -0.2) is 4.79 Å². The van der Waals surface area contributed by atoms with Gasteiger partial charge in [0.15, 0.2) is 0 Å². The van der Waals surface area contributed by atoms with E-state index in [9.17, 15) is 4.79 Å². The van der Waals surface area contributed by atoms with Crippen molar-refractivity contribution in [3.63, 3.8) is 0 Å². The van der Waals surface area contributed by atoms with Gasteiger partial charge in [-0.05, 0) is 62.1 Å². The molecule has 0 aromatic heterocycles. The normalized spacial score (nSPS) is 14.6. The average molecular weight is 337 g/mol. The topological polar surface area (TPSA) is 35.6 Å². The minimum atomic E-state index is -0.00526. The summed E-state index contributed by atoms with van der Waals surface area (Å²) in [6, 6.07) is 12.4. The Kier molecular flexibility index (Phi) is 4.98. The molecule has 4 heteroatoms. The van der Waals surface area contributed by atoms with Crippen LogP contribution in [0.5, 0.6) is 0 Å². The summed E-state index contributed by atoms with van der Waals surface area (Å²) in [6.45, 7) is 11.6. The summed E-state index contributed by atoms with van der Waals surface area (Å²) in [5.41, 5.74) is 7.15. The number of carbonyl (C=O) groups excluding carboxylic acids is 1. The number of aryl methyl sites for hydroxylation is 2. The monoisotopic (exact) mass is 337 g/mol. The van der Waals surface area contributed by atoms with E-state index < -0.39 is 0 Å². The molecule has 1 N–H and O–H groups in total. The molecule has 0 saturated carbocycles. The lowest BCUT2D eigenvalue weighted by molar-refractivity contribution is 0.208. The Morgan fingerprint density at radius 3 is 2.12 bits per heavy atom. The number of hydrogen-bond donors (Lipinski definition) is 1. The zero-order valence-corrected chi connectivity index (χ0v) is 15.6. The summed E-state index contributed by atoms with van der Waals surface area (Å²) in [7, 11) is 0. The number of carbonyl (C=O) groups is 1. The molecule has 2 aromatic rings. The van der Waals surface area contributed by atoms with Crippen molar-refractivity contribution in [3.05, 3.63) is 58.7 Å². The molecule has 25 heavy (non-hydrogen) atoms. The van der Waals surface area contributed by atoms with E-state index in [1.165, 1.54) is 22.4 Å². The highest BCUT2D eigenvalue weighted by atomic mass is 16.2. The first-order valence-corrected chi connectivity index (χ1v) is 8.90. The molecule has 4 nitrogen and oxygen atoms in total. The van der Waals surface area contributed by atoms with Crippen molar-refractivity contribution in [1.82, 2.24) is 4.90 Å². The Morgan fingerprint density at radius 1 is 0.840 bits per heavy atom. The summed E-state index contributed by atoms with van der Waals surface area (Å²) < 4.78 is 0. The van der Waals surface area contributed by atoms with Crippen LogP contribution in [0.3, 0.4) is 0 Å². The van der Waals surface area contributed by atoms with E-state index in [0.29, 0.717) is 0 Å². The van der Waals surface area contributed by atoms with Crippen LogP contribution < -0.4 is 10.2 Å². The molecule has 0 bridgehead atoms. The molecule has 0 unspecified atom stereocenters. The van der Waals surface area contributed by atoms with E-state index in [2.05, 4.69) is 55.3 Å². The van der Waals surface area contributed by atoms with E-state index in [-0.39, 0.29) is 6.03 Å². The van der Waals surface area contributed by atoms with E-state index >= 15 is 0 Å². The second-order valence-corrected chi connectivity index (χ2v) is 6.87. The first-order valence-electron chi connectivity index (χ1n) is 8.90. The molecule has 1 heterocycles. The van der Waals surface area contributed by atoms with Crippen LogP contribution in [-0.4, -0.2) is 37.1 Å². The summed E-state index contributed by atoms with van der Waals surface area (Å²) in [5, 5.41) is 3.06. The predicted molar refractivity (Wildman–Crippen MR) is 105 cm³/mol. The van der Waals surface area contributed by atoms with Crippen molar-refractivity contribution in [2.45, 2.75) is 27.7 Å². The van der Waals surface area contributed by atoms with E-state index in [4.69, 9.17) is 0 Å². The fourth-order valence-electron chi connectivity index (χ4n) is 3.31. The molecule has 0 aliphatic carbocycles. The van der Waals surface area contributed by atoms with E-state index in [1.807, 2.05) is 24.0 Å². The molecule has 3 rings (SSSR count). The zero-order chi connectivity index (χ0) is 18.0. The largest absolute Gasteiger partial charge is 0.368 e. The van der Waals surface area contributed by atoms with Gasteiger partial charge in [0.2, 0.25) is 0 Å². The molecule has 2 aromatic carbocycles. The van der Waals surface area contributed by atoms with Crippen molar-refractivity contribution in [1.29, 1.82) is 0 Å². The maximum Gasteiger partial charge on any atom is 0.321 e. The third kappa shape index (κ3) is 3.63. The zero-order valence-electron chi connectivity index (χ0n) is 15.6. The number of piperazine rings is 1. The molecule has 1 saturated heterocycles. The highest BCUT2D eigenvalue weighted by Crippen LogP contribution is 2.24. The SMILES string of the molecule is Cc1cccc(NC(=O)N2CCN(c3cccc(C)c3C)CC2)c1C. The van der Waals surface area contributed by atoms with Crippen molar-refractivity contribution in [3.8, 4) is 0 Å². The molecule has 1 aliphatic rings. The second-order valence-electron chi connectivity index (χ2n) is 6.87. The Morgan fingerprint density at radius 2 is 1.44 bits per heavy atom. The Hall–Kier alpha value is -2.49. The van der Waals surface area contributed by atoms with E-state index in [1.54, 1.807) is 0 Å². The summed E-state index contributed by atoms with van der Waals surface area (Å²) in [6.07, 6.45) is 0. The smallest absolute Gasteiger partial charge is 0.321 e. The molecule has 2 amide bonds. The molecule has 0 spiro atoms. The number of amides is 2. The highest BCUT2D eigenvalue weighted by molar-refractivity contribution is 5.90. The molecule has 0 radical (unpaired) electrons. The Labute approximate surface area is 150 Å². The third-order valence-electron chi connectivity index (χ3n) is 5.33. The Balaban J connectivity index is 1.63. The maximum absolute atomic E-state index is 12.6. The lowest BCUT2D eigenvalue weighted by Gasteiger charge is -2.37. The van der Waals surface area contributed by atoms with Crippen LogP contribution in [0.4, 0.5) is 16.2 Å². The van der Waals surface area contributed by atoms with Gasteiger partial charge in [-0.15, -0.1) is 0 Å². The molecule has 1 aliphatic heterocycles. The lowest BCUT2D eigenvalue weighted by Crippen LogP contribution is -2.50. The number of nitrogens with zero attached hydrogens (tertiary/aromatic N) is 2. The van der Waals surface area contributed by atoms with Gasteiger partial charge in [0.05, 0.1) is 0 Å². The van der Waals surface area contributed by atoms with Gasteiger partial charge in [-0.1, -0.05) is 24.3 Å². The van der Waals surface area contributed by atoms with Crippen molar-refractivity contribution in [2.75, 3.05) is 36.4 Å². The lowest BCUT2D eigenvalue weighted by atomic mass is 10.1. The van der Waals surface area contributed by atoms with Gasteiger partial charge in [0.1, 0.15) is 0 Å². The third-order valence-corrected chi connectivity index (χ3v) is 5.33. The van der Waals surface area contributed by atoms with Crippen LogP contribution in [0.25, 0.3) is 0 Å². The summed E-state index contributed by atoms with van der Waals surface area (Å²) >= 11 is 0. The highest BCUT2D eigenvalue weighted by Gasteiger charge is 2.22. The quantitative estimate of drug-likeness (QED) is 0.888. The summed E-state index contributed by atoms with van der Waals surface area (Å²) in [5.74, 6) is 0. The van der Waals surface area contributed by atoms with Crippen LogP contribution in [0, 0.1) is 27.7 Å². The van der Waals surface area contributed by atoms with Gasteiger partial charge >= 0.3 is 6.03 Å². The van der Waals surface area contributed by atoms with Gasteiger partial charge in [0, 0.05) is 37.6 Å². The van der Waals surface area contributed by atoms with Crippen LogP contribution >= 0.6 is 0 Å². The van der Waals surface area contributed by atoms with Crippen LogP contribution in [-0.2, 0) is 0 Å². The standard InChI is InChI=1S/C21H27N3O/c1-15-7-5-9-19(17(15)3)22-21(25)24-13-11-23(12-14-24)20-10-6-8-16(2)18(20)4/h5-10H,11-14H2,1-4H3,(H,22,25). The molecule has 1 fully saturated rings. The van der Waals surface area contributed by atoms with Crippen LogP contribution in [0.2, 0.25) is 0 Å². The first-order chi connectivity index (χ1) is 12.0. The van der Waals surface area contributed by atoms with Crippen molar-refractivity contribution in [2.24, 2.45) is 0 Å². The van der Waals surface area contributed by atoms with Crippen LogP contribution in [0.15, 0.2) is 36.4 Å². The molecular weight excluding hydrogens is 310 g/mol. The molecule has 132 valence electrons. The average Bonchev–Trinajstić information content (AvgIpc) is 2.61. The number of urea groups is 1. The van der Waals surface area contributed by atoms with Crippen molar-refractivity contribution < 1.29 is 4.79 Å². The number of rotatable bonds is 2. The number of benzene rings is 2.